The van der Waals surface area contributed by atoms with Gasteiger partial charge < -0.3 is 29.9 Å². The minimum absolute atomic E-state index is 0.00141. The van der Waals surface area contributed by atoms with Gasteiger partial charge in [-0.15, -0.1) is 11.8 Å². The van der Waals surface area contributed by atoms with Crippen LogP contribution in [0.1, 0.15) is 95.4 Å². The lowest BCUT2D eigenvalue weighted by Crippen LogP contribution is -2.59. The third kappa shape index (κ3) is 10.8. The maximum Gasteiger partial charge on any atom is 0.328 e. The minimum Gasteiger partial charge on any atom is -0.460 e. The van der Waals surface area contributed by atoms with E-state index < -0.39 is 71.4 Å². The number of likely N-dealkylation sites (N-methyl/N-ethyl adjacent to an activating group) is 3. The van der Waals surface area contributed by atoms with Crippen LogP contribution in [0.4, 0.5) is 0 Å². The average Bonchev–Trinajstić information content (AvgIpc) is 3.52. The van der Waals surface area contributed by atoms with Crippen LogP contribution in [0.3, 0.4) is 0 Å². The van der Waals surface area contributed by atoms with Crippen molar-refractivity contribution in [3.05, 3.63) is 11.6 Å². The molecule has 2 heterocycles. The van der Waals surface area contributed by atoms with Crippen molar-refractivity contribution < 1.29 is 33.8 Å². The summed E-state index contributed by atoms with van der Waals surface area (Å²) < 4.78 is 6.11. The summed E-state index contributed by atoms with van der Waals surface area (Å²) in [5, 5.41) is 14.8. The monoisotopic (exact) mass is 721 g/mol. The summed E-state index contributed by atoms with van der Waals surface area (Å²) in [6, 6.07) is -3.97. The first kappa shape index (κ1) is 43.2. The zero-order chi connectivity index (χ0) is 38.4. The third-order valence-corrected chi connectivity index (χ3v) is 11.7. The Bertz CT molecular complexity index is 1310. The molecule has 0 aromatic carbocycles. The summed E-state index contributed by atoms with van der Waals surface area (Å²) in [6.07, 6.45) is 2.17. The fraction of sp³-hybridized carbons (Fsp3) is 0.784. The van der Waals surface area contributed by atoms with Gasteiger partial charge in [0.15, 0.2) is 0 Å². The van der Waals surface area contributed by atoms with Crippen LogP contribution in [-0.2, 0) is 28.7 Å². The predicted octanol–water partition coefficient (Wildman–Crippen LogP) is 3.90. The molecule has 0 aromatic rings. The average molecular weight is 722 g/mol. The molecule has 0 saturated carbocycles. The van der Waals surface area contributed by atoms with Crippen molar-refractivity contribution in [2.75, 3.05) is 26.9 Å². The first-order valence-corrected chi connectivity index (χ1v) is 18.9. The van der Waals surface area contributed by atoms with Crippen LogP contribution in [0.25, 0.3) is 0 Å². The van der Waals surface area contributed by atoms with E-state index in [0.29, 0.717) is 30.6 Å². The molecule has 10 atom stereocenters. The maximum atomic E-state index is 14.1. The highest BCUT2D eigenvalue weighted by atomic mass is 32.2. The molecule has 10 unspecified atom stereocenters. The summed E-state index contributed by atoms with van der Waals surface area (Å²) in [5.41, 5.74) is 0.0000319. The number of thioether (sulfide) groups is 1. The van der Waals surface area contributed by atoms with E-state index in [1.807, 2.05) is 48.5 Å². The van der Waals surface area contributed by atoms with Crippen LogP contribution in [-0.4, -0.2) is 124 Å². The highest BCUT2D eigenvalue weighted by molar-refractivity contribution is 8.14. The first-order valence-electron chi connectivity index (χ1n) is 17.9. The summed E-state index contributed by atoms with van der Waals surface area (Å²) in [7, 11) is 4.57. The minimum atomic E-state index is -0.944. The number of nitrogens with one attached hydrogen (secondary N) is 1. The second-order valence-corrected chi connectivity index (χ2v) is 16.7. The summed E-state index contributed by atoms with van der Waals surface area (Å²) in [5.74, 6) is -2.15. The number of carbonyl (C=O) groups excluding carboxylic acids is 5. The lowest BCUT2D eigenvalue weighted by atomic mass is 9.81. The molecular formula is C37H63N5O7S. The Morgan fingerprint density at radius 1 is 0.940 bits per heavy atom. The van der Waals surface area contributed by atoms with Crippen LogP contribution in [0.2, 0.25) is 0 Å². The van der Waals surface area contributed by atoms with Gasteiger partial charge in [-0.25, -0.2) is 4.79 Å². The third-order valence-electron chi connectivity index (χ3n) is 10.4. The van der Waals surface area contributed by atoms with Crippen molar-refractivity contribution in [3.8, 4) is 0 Å². The van der Waals surface area contributed by atoms with Crippen LogP contribution in [0.5, 0.6) is 0 Å². The second-order valence-electron chi connectivity index (χ2n) is 15.6. The normalized spacial score (nSPS) is 33.2. The number of nitrogens with zero attached hydrogens (tertiary/aromatic N) is 4. The van der Waals surface area contributed by atoms with Gasteiger partial charge in [0.25, 0.3) is 0 Å². The van der Waals surface area contributed by atoms with E-state index in [0.717, 1.165) is 5.04 Å². The predicted molar refractivity (Wildman–Crippen MR) is 198 cm³/mol. The Kier molecular flexibility index (Phi) is 15.6. The lowest BCUT2D eigenvalue weighted by molar-refractivity contribution is -0.166. The van der Waals surface area contributed by atoms with Crippen molar-refractivity contribution in [2.24, 2.45) is 28.2 Å². The number of carbonyl (C=O) groups is 5. The number of amides is 4. The van der Waals surface area contributed by atoms with E-state index in [2.05, 4.69) is 5.32 Å². The Morgan fingerprint density at radius 3 is 2.08 bits per heavy atom. The molecule has 2 N–H and O–H groups in total. The van der Waals surface area contributed by atoms with Crippen molar-refractivity contribution in [1.29, 1.82) is 0 Å². The molecule has 2 bridgehead atoms. The van der Waals surface area contributed by atoms with Crippen molar-refractivity contribution in [2.45, 2.75) is 138 Å². The quantitative estimate of drug-likeness (QED) is 0.408. The van der Waals surface area contributed by atoms with Gasteiger partial charge >= 0.3 is 5.97 Å². The summed E-state index contributed by atoms with van der Waals surface area (Å²) >= 11 is 1.56. The molecule has 0 aromatic heterocycles. The van der Waals surface area contributed by atoms with E-state index in [4.69, 9.17) is 9.73 Å². The van der Waals surface area contributed by atoms with Crippen LogP contribution >= 0.6 is 11.8 Å². The van der Waals surface area contributed by atoms with E-state index in [-0.39, 0.29) is 23.8 Å². The van der Waals surface area contributed by atoms with Gasteiger partial charge in [0.05, 0.1) is 17.2 Å². The molecule has 2 rings (SSSR count). The molecule has 284 valence electrons. The first-order chi connectivity index (χ1) is 23.0. The molecule has 0 saturated heterocycles. The number of hydrogen-bond donors (Lipinski definition) is 2. The molecule has 4 amide bonds. The van der Waals surface area contributed by atoms with Crippen LogP contribution in [0.15, 0.2) is 16.6 Å². The topological polar surface area (TPSA) is 149 Å². The van der Waals surface area contributed by atoms with E-state index >= 15 is 0 Å². The zero-order valence-corrected chi connectivity index (χ0v) is 33.6. The van der Waals surface area contributed by atoms with Crippen molar-refractivity contribution >= 4 is 46.4 Å². The molecule has 0 spiro atoms. The zero-order valence-electron chi connectivity index (χ0n) is 32.8. The molecule has 50 heavy (non-hydrogen) atoms. The van der Waals surface area contributed by atoms with Crippen molar-refractivity contribution in [1.82, 2.24) is 20.0 Å². The fourth-order valence-corrected chi connectivity index (χ4v) is 7.35. The van der Waals surface area contributed by atoms with Gasteiger partial charge in [-0.3, -0.25) is 24.2 Å². The van der Waals surface area contributed by atoms with Gasteiger partial charge in [0.1, 0.15) is 30.3 Å². The Labute approximate surface area is 304 Å². The SMILES string of the molecule is CCC(C)C1C(=O)N(C)C(C)C(=O)OC(C(C)(C)C)CC(C)CC(O)C(C)C2=NC(C=C(C)C(=O)NC(C)C(=O)N(C)C(C)C(=O)N1C)CS2. The summed E-state index contributed by atoms with van der Waals surface area (Å²) in [4.78, 5) is 76.8. The molecule has 0 fully saturated rings. The maximum absolute atomic E-state index is 14.1. The number of aliphatic hydroxyl groups is 1. The van der Waals surface area contributed by atoms with Gasteiger partial charge in [-0.1, -0.05) is 61.0 Å². The van der Waals surface area contributed by atoms with Gasteiger partial charge in [-0.05, 0) is 57.8 Å². The van der Waals surface area contributed by atoms with Crippen molar-refractivity contribution in [3.63, 3.8) is 0 Å². The number of hydrogen-bond acceptors (Lipinski definition) is 9. The van der Waals surface area contributed by atoms with Crippen LogP contribution < -0.4 is 5.32 Å². The Hall–Kier alpha value is -2.93. The standard InChI is InChI=1S/C37H63N5O7S/c1-15-21(3)30-35(47)41(13)26(8)36(48)49-29(37(9,10)11)17-20(2)16-28(43)23(5)32-39-27(19-50-32)18-22(4)31(44)38-24(6)33(45)40(12)25(7)34(46)42(30)14/h18,20-21,23-30,43H,15-17,19H2,1-14H3,(H,38,44). The lowest BCUT2D eigenvalue weighted by Gasteiger charge is -2.39. The molecular weight excluding hydrogens is 659 g/mol. The largest absolute Gasteiger partial charge is 0.460 e. The molecule has 2 aliphatic rings. The number of ether oxygens (including phenoxy) is 1. The Balaban J connectivity index is 2.53. The number of cyclic esters (lactones) is 1. The fourth-order valence-electron chi connectivity index (χ4n) is 6.20. The number of fused-ring (bicyclic) bond motifs is 1. The van der Waals surface area contributed by atoms with E-state index in [1.54, 1.807) is 45.5 Å². The number of esters is 1. The highest BCUT2D eigenvalue weighted by Crippen LogP contribution is 2.33. The molecule has 13 heteroatoms. The molecule has 2 aliphatic heterocycles. The molecule has 0 aliphatic carbocycles. The summed E-state index contributed by atoms with van der Waals surface area (Å²) in [6.45, 7) is 20.2. The molecule has 12 nitrogen and oxygen atoms in total. The van der Waals surface area contributed by atoms with E-state index in [1.165, 1.54) is 35.8 Å². The van der Waals surface area contributed by atoms with Gasteiger partial charge in [0, 0.05) is 38.4 Å². The number of aliphatic hydroxyl groups excluding tert-OH is 1. The second kappa shape index (κ2) is 18.0. The molecule has 0 radical (unpaired) electrons. The number of rotatable bonds is 2. The van der Waals surface area contributed by atoms with E-state index in [9.17, 15) is 29.1 Å². The highest BCUT2D eigenvalue weighted by Gasteiger charge is 2.40. The Morgan fingerprint density at radius 2 is 1.52 bits per heavy atom. The van der Waals surface area contributed by atoms with Gasteiger partial charge in [-0.2, -0.15) is 0 Å². The van der Waals surface area contributed by atoms with Crippen LogP contribution in [0, 0.1) is 23.2 Å². The number of aliphatic imine (C=N–C) groups is 1. The smallest absolute Gasteiger partial charge is 0.328 e. The van der Waals surface area contributed by atoms with Gasteiger partial charge in [0.2, 0.25) is 23.6 Å².